The number of carboxylic acids is 1. The van der Waals surface area contributed by atoms with Crippen molar-refractivity contribution in [1.82, 2.24) is 4.98 Å². The Labute approximate surface area is 132 Å². The predicted molar refractivity (Wildman–Crippen MR) is 88.2 cm³/mol. The van der Waals surface area contributed by atoms with E-state index >= 15 is 0 Å². The van der Waals surface area contributed by atoms with Gasteiger partial charge in [0, 0.05) is 21.8 Å². The zero-order valence-electron chi connectivity index (χ0n) is 11.8. The Morgan fingerprint density at radius 3 is 2.68 bits per heavy atom. The van der Waals surface area contributed by atoms with Crippen LogP contribution in [0.15, 0.2) is 48.5 Å². The van der Waals surface area contributed by atoms with Crippen LogP contribution in [-0.2, 0) is 0 Å². The van der Waals surface area contributed by atoms with Gasteiger partial charge in [-0.1, -0.05) is 23.7 Å². The molecule has 0 bridgehead atoms. The Morgan fingerprint density at radius 1 is 1.14 bits per heavy atom. The average Bonchev–Trinajstić information content (AvgIpc) is 2.48. The van der Waals surface area contributed by atoms with Crippen LogP contribution in [0.25, 0.3) is 10.9 Å². The predicted octanol–water partition coefficient (Wildman–Crippen LogP) is 4.64. The summed E-state index contributed by atoms with van der Waals surface area (Å²) in [5.74, 6) is -0.976. The highest BCUT2D eigenvalue weighted by Gasteiger charge is 2.11. The van der Waals surface area contributed by atoms with Gasteiger partial charge < -0.3 is 10.4 Å². The maximum atomic E-state index is 11.3. The largest absolute Gasteiger partial charge is 0.478 e. The number of para-hydroxylation sites is 1. The van der Waals surface area contributed by atoms with Crippen molar-refractivity contribution < 1.29 is 9.90 Å². The van der Waals surface area contributed by atoms with Crippen molar-refractivity contribution in [3.8, 4) is 0 Å². The van der Waals surface area contributed by atoms with Crippen LogP contribution in [-0.4, -0.2) is 16.1 Å². The van der Waals surface area contributed by atoms with Crippen LogP contribution in [0.1, 0.15) is 16.1 Å². The number of aromatic carboxylic acids is 1. The van der Waals surface area contributed by atoms with Gasteiger partial charge in [0.25, 0.3) is 0 Å². The number of hydrogen-bond acceptors (Lipinski definition) is 3. The lowest BCUT2D eigenvalue weighted by atomic mass is 10.1. The molecule has 2 N–H and O–H groups in total. The Bertz CT molecular complexity index is 878. The van der Waals surface area contributed by atoms with Gasteiger partial charge in [-0.2, -0.15) is 0 Å². The minimum Gasteiger partial charge on any atom is -0.478 e. The number of carboxylic acid groups (broad SMARTS) is 1. The van der Waals surface area contributed by atoms with Gasteiger partial charge in [0.1, 0.15) is 0 Å². The number of benzene rings is 2. The van der Waals surface area contributed by atoms with Gasteiger partial charge in [-0.25, -0.2) is 4.79 Å². The van der Waals surface area contributed by atoms with E-state index in [1.165, 1.54) is 0 Å². The van der Waals surface area contributed by atoms with Crippen molar-refractivity contribution in [3.63, 3.8) is 0 Å². The fraction of sp³-hybridized carbons (Fsp3) is 0.0588. The van der Waals surface area contributed by atoms with E-state index in [1.807, 2.05) is 25.1 Å². The van der Waals surface area contributed by atoms with Crippen LogP contribution in [0.2, 0.25) is 5.02 Å². The molecule has 0 radical (unpaired) electrons. The molecule has 0 saturated heterocycles. The minimum atomic E-state index is -0.976. The average molecular weight is 313 g/mol. The van der Waals surface area contributed by atoms with E-state index in [0.717, 1.165) is 22.3 Å². The molecule has 3 aromatic rings. The first-order valence-electron chi connectivity index (χ1n) is 6.71. The highest BCUT2D eigenvalue weighted by Crippen LogP contribution is 2.30. The molecule has 0 atom stereocenters. The SMILES string of the molecule is Cc1cc(Nc2ccccc2C(=O)O)c2cc(Cl)ccc2n1. The minimum absolute atomic E-state index is 0.215. The summed E-state index contributed by atoms with van der Waals surface area (Å²) in [6.45, 7) is 1.89. The van der Waals surface area contributed by atoms with Gasteiger partial charge in [-0.15, -0.1) is 0 Å². The number of pyridine rings is 1. The maximum Gasteiger partial charge on any atom is 0.337 e. The molecule has 0 amide bonds. The van der Waals surface area contributed by atoms with Gasteiger partial charge in [0.15, 0.2) is 0 Å². The van der Waals surface area contributed by atoms with Crippen molar-refractivity contribution in [2.24, 2.45) is 0 Å². The van der Waals surface area contributed by atoms with Crippen LogP contribution in [0.4, 0.5) is 11.4 Å². The standard InChI is InChI=1S/C17H13ClN2O2/c1-10-8-16(13-9-11(18)6-7-15(13)19-10)20-14-5-3-2-4-12(14)17(21)22/h2-9H,1H3,(H,19,20)(H,21,22). The molecule has 0 fully saturated rings. The Kier molecular flexibility index (Phi) is 3.69. The lowest BCUT2D eigenvalue weighted by molar-refractivity contribution is 0.0698. The number of nitrogens with one attached hydrogen (secondary N) is 1. The molecule has 0 unspecified atom stereocenters. The third-order valence-corrected chi connectivity index (χ3v) is 3.56. The van der Waals surface area contributed by atoms with Crippen molar-refractivity contribution in [2.75, 3.05) is 5.32 Å². The first-order valence-corrected chi connectivity index (χ1v) is 7.08. The topological polar surface area (TPSA) is 62.2 Å². The summed E-state index contributed by atoms with van der Waals surface area (Å²) >= 11 is 6.07. The van der Waals surface area contributed by atoms with Crippen molar-refractivity contribution >= 4 is 39.8 Å². The molecular formula is C17H13ClN2O2. The molecule has 3 rings (SSSR count). The summed E-state index contributed by atoms with van der Waals surface area (Å²) in [4.78, 5) is 15.8. The van der Waals surface area contributed by atoms with Crippen molar-refractivity contribution in [1.29, 1.82) is 0 Å². The summed E-state index contributed by atoms with van der Waals surface area (Å²) in [5, 5.41) is 13.9. The number of hydrogen-bond donors (Lipinski definition) is 2. The van der Waals surface area contributed by atoms with Gasteiger partial charge in [-0.05, 0) is 43.3 Å². The zero-order valence-corrected chi connectivity index (χ0v) is 12.6. The summed E-state index contributed by atoms with van der Waals surface area (Å²) < 4.78 is 0. The second kappa shape index (κ2) is 5.66. The Hall–Kier alpha value is -2.59. The molecule has 1 heterocycles. The lowest BCUT2D eigenvalue weighted by Crippen LogP contribution is -2.03. The summed E-state index contributed by atoms with van der Waals surface area (Å²) in [5.41, 5.74) is 3.16. The first-order chi connectivity index (χ1) is 10.5. The van der Waals surface area contributed by atoms with E-state index in [2.05, 4.69) is 10.3 Å². The van der Waals surface area contributed by atoms with Crippen LogP contribution in [0, 0.1) is 6.92 Å². The number of anilines is 2. The lowest BCUT2D eigenvalue weighted by Gasteiger charge is -2.13. The highest BCUT2D eigenvalue weighted by atomic mass is 35.5. The molecule has 0 aliphatic carbocycles. The fourth-order valence-electron chi connectivity index (χ4n) is 2.36. The number of aryl methyl sites for hydroxylation is 1. The molecule has 2 aromatic carbocycles. The van der Waals surface area contributed by atoms with Crippen molar-refractivity contribution in [3.05, 3.63) is 64.8 Å². The zero-order chi connectivity index (χ0) is 15.7. The molecule has 5 heteroatoms. The smallest absolute Gasteiger partial charge is 0.337 e. The third-order valence-electron chi connectivity index (χ3n) is 3.33. The summed E-state index contributed by atoms with van der Waals surface area (Å²) in [7, 11) is 0. The molecule has 0 saturated carbocycles. The molecule has 22 heavy (non-hydrogen) atoms. The van der Waals surface area contributed by atoms with Crippen molar-refractivity contribution in [2.45, 2.75) is 6.92 Å². The second-order valence-corrected chi connectivity index (χ2v) is 5.38. The van der Waals surface area contributed by atoms with Crippen LogP contribution in [0.5, 0.6) is 0 Å². The Morgan fingerprint density at radius 2 is 1.91 bits per heavy atom. The van der Waals surface area contributed by atoms with E-state index in [-0.39, 0.29) is 5.56 Å². The Balaban J connectivity index is 2.15. The third kappa shape index (κ3) is 2.73. The van der Waals surface area contributed by atoms with E-state index < -0.39 is 5.97 Å². The number of nitrogens with zero attached hydrogens (tertiary/aromatic N) is 1. The van der Waals surface area contributed by atoms with Gasteiger partial charge in [0.2, 0.25) is 0 Å². The van der Waals surface area contributed by atoms with E-state index in [0.29, 0.717) is 10.7 Å². The number of halogens is 1. The number of aromatic nitrogens is 1. The van der Waals surface area contributed by atoms with Crippen LogP contribution >= 0.6 is 11.6 Å². The number of carbonyl (C=O) groups is 1. The van der Waals surface area contributed by atoms with Gasteiger partial charge in [-0.3, -0.25) is 4.98 Å². The normalized spacial score (nSPS) is 10.6. The monoisotopic (exact) mass is 312 g/mol. The number of rotatable bonds is 3. The summed E-state index contributed by atoms with van der Waals surface area (Å²) in [6.07, 6.45) is 0. The molecule has 4 nitrogen and oxygen atoms in total. The second-order valence-electron chi connectivity index (χ2n) is 4.95. The van der Waals surface area contributed by atoms with Crippen LogP contribution < -0.4 is 5.32 Å². The van der Waals surface area contributed by atoms with E-state index in [1.54, 1.807) is 30.3 Å². The highest BCUT2D eigenvalue weighted by molar-refractivity contribution is 6.31. The molecule has 1 aromatic heterocycles. The maximum absolute atomic E-state index is 11.3. The number of fused-ring (bicyclic) bond motifs is 1. The molecule has 0 aliphatic rings. The first kappa shape index (κ1) is 14.4. The molecule has 0 aliphatic heterocycles. The molecule has 0 spiro atoms. The van der Waals surface area contributed by atoms with Gasteiger partial charge >= 0.3 is 5.97 Å². The van der Waals surface area contributed by atoms with Crippen LogP contribution in [0.3, 0.4) is 0 Å². The quantitative estimate of drug-likeness (QED) is 0.739. The van der Waals surface area contributed by atoms with E-state index in [9.17, 15) is 9.90 Å². The van der Waals surface area contributed by atoms with Gasteiger partial charge in [0.05, 0.1) is 16.8 Å². The van der Waals surface area contributed by atoms with E-state index in [4.69, 9.17) is 11.6 Å². The fourth-order valence-corrected chi connectivity index (χ4v) is 2.53. The summed E-state index contributed by atoms with van der Waals surface area (Å²) in [6, 6.07) is 14.1. The molecule has 110 valence electrons. The molecular weight excluding hydrogens is 300 g/mol.